The average Bonchev–Trinajstić information content (AvgIpc) is 2.52. The number of rotatable bonds is 6. The summed E-state index contributed by atoms with van der Waals surface area (Å²) in [6.45, 7) is 1.69. The summed E-state index contributed by atoms with van der Waals surface area (Å²) < 4.78 is 0. The predicted molar refractivity (Wildman–Crippen MR) is 85.7 cm³/mol. The minimum Gasteiger partial charge on any atom is -0.352 e. The largest absolute Gasteiger partial charge is 0.352 e. The molecule has 0 bridgehead atoms. The fourth-order valence-corrected chi connectivity index (χ4v) is 3.09. The third kappa shape index (κ3) is 4.97. The molecule has 1 heterocycles. The number of carbonyl (C=O) groups excluding carboxylic acids is 1. The summed E-state index contributed by atoms with van der Waals surface area (Å²) in [6, 6.07) is 4.14. The van der Waals surface area contributed by atoms with Crippen LogP contribution >= 0.6 is 11.6 Å². The van der Waals surface area contributed by atoms with Crippen LogP contribution in [-0.4, -0.2) is 42.0 Å². The van der Waals surface area contributed by atoms with E-state index in [1.807, 2.05) is 0 Å². The van der Waals surface area contributed by atoms with Crippen molar-refractivity contribution in [3.8, 4) is 0 Å². The second-order valence-electron chi connectivity index (χ2n) is 5.72. The van der Waals surface area contributed by atoms with Gasteiger partial charge in [-0.2, -0.15) is 0 Å². The molecule has 1 aromatic rings. The van der Waals surface area contributed by atoms with E-state index in [9.17, 15) is 4.79 Å². The van der Waals surface area contributed by atoms with Crippen LogP contribution < -0.4 is 5.32 Å². The molecule has 21 heavy (non-hydrogen) atoms. The number of amides is 1. The summed E-state index contributed by atoms with van der Waals surface area (Å²) in [6.07, 6.45) is 9.25. The van der Waals surface area contributed by atoms with E-state index >= 15 is 0 Å². The Balaban J connectivity index is 1.67. The number of halogens is 1. The van der Waals surface area contributed by atoms with Crippen LogP contribution in [0.2, 0.25) is 5.15 Å². The van der Waals surface area contributed by atoms with Gasteiger partial charge in [0, 0.05) is 18.8 Å². The third-order valence-electron chi connectivity index (χ3n) is 4.17. The van der Waals surface area contributed by atoms with Crippen molar-refractivity contribution in [3.05, 3.63) is 29.0 Å². The van der Waals surface area contributed by atoms with Crippen molar-refractivity contribution < 1.29 is 4.79 Å². The maximum Gasteiger partial charge on any atom is 0.254 e. The fourth-order valence-electron chi connectivity index (χ4n) is 2.89. The van der Waals surface area contributed by atoms with Crippen molar-refractivity contribution in [2.24, 2.45) is 0 Å². The SMILES string of the molecule is CN(CCCNC(=O)c1cccnc1Cl)C1CCCCC1. The first-order valence-electron chi connectivity index (χ1n) is 7.77. The van der Waals surface area contributed by atoms with Crippen molar-refractivity contribution in [2.45, 2.75) is 44.6 Å². The maximum absolute atomic E-state index is 12.0. The highest BCUT2D eigenvalue weighted by atomic mass is 35.5. The molecule has 0 aliphatic heterocycles. The lowest BCUT2D eigenvalue weighted by molar-refractivity contribution is 0.0950. The molecule has 1 N–H and O–H groups in total. The summed E-state index contributed by atoms with van der Waals surface area (Å²) in [7, 11) is 2.19. The van der Waals surface area contributed by atoms with E-state index < -0.39 is 0 Å². The van der Waals surface area contributed by atoms with Gasteiger partial charge in [-0.3, -0.25) is 4.79 Å². The van der Waals surface area contributed by atoms with E-state index in [2.05, 4.69) is 22.2 Å². The normalized spacial score (nSPS) is 16.1. The maximum atomic E-state index is 12.0. The lowest BCUT2D eigenvalue weighted by atomic mass is 9.94. The van der Waals surface area contributed by atoms with E-state index in [1.165, 1.54) is 32.1 Å². The fraction of sp³-hybridized carbons (Fsp3) is 0.625. The number of aromatic nitrogens is 1. The molecule has 0 spiro atoms. The van der Waals surface area contributed by atoms with Crippen molar-refractivity contribution >= 4 is 17.5 Å². The van der Waals surface area contributed by atoms with Gasteiger partial charge in [-0.15, -0.1) is 0 Å². The zero-order chi connectivity index (χ0) is 15.1. The number of pyridine rings is 1. The van der Waals surface area contributed by atoms with E-state index in [1.54, 1.807) is 18.3 Å². The number of nitrogens with one attached hydrogen (secondary N) is 1. The third-order valence-corrected chi connectivity index (χ3v) is 4.48. The van der Waals surface area contributed by atoms with Crippen molar-refractivity contribution in [2.75, 3.05) is 20.1 Å². The molecule has 1 fully saturated rings. The van der Waals surface area contributed by atoms with Crippen LogP contribution in [0.15, 0.2) is 18.3 Å². The van der Waals surface area contributed by atoms with Gasteiger partial charge in [0.2, 0.25) is 0 Å². The highest BCUT2D eigenvalue weighted by Crippen LogP contribution is 2.21. The molecule has 0 saturated heterocycles. The van der Waals surface area contributed by atoms with Gasteiger partial charge >= 0.3 is 0 Å². The summed E-state index contributed by atoms with van der Waals surface area (Å²) in [5.74, 6) is -0.145. The van der Waals surface area contributed by atoms with Gasteiger partial charge in [0.05, 0.1) is 5.56 Å². The average molecular weight is 310 g/mol. The zero-order valence-corrected chi connectivity index (χ0v) is 13.4. The summed E-state index contributed by atoms with van der Waals surface area (Å²) >= 11 is 5.90. The van der Waals surface area contributed by atoms with E-state index in [-0.39, 0.29) is 11.1 Å². The van der Waals surface area contributed by atoms with Crippen LogP contribution in [0.4, 0.5) is 0 Å². The molecular weight excluding hydrogens is 286 g/mol. The second-order valence-corrected chi connectivity index (χ2v) is 6.08. The molecular formula is C16H24ClN3O. The molecule has 5 heteroatoms. The van der Waals surface area contributed by atoms with E-state index in [0.717, 1.165) is 19.0 Å². The first kappa shape index (κ1) is 16.2. The molecule has 1 aliphatic carbocycles. The Morgan fingerprint density at radius 2 is 2.19 bits per heavy atom. The number of hydrogen-bond acceptors (Lipinski definition) is 3. The van der Waals surface area contributed by atoms with Crippen molar-refractivity contribution in [1.29, 1.82) is 0 Å². The molecule has 0 atom stereocenters. The molecule has 1 amide bonds. The first-order valence-corrected chi connectivity index (χ1v) is 8.15. The summed E-state index contributed by atoms with van der Waals surface area (Å²) in [4.78, 5) is 18.3. The van der Waals surface area contributed by atoms with Gasteiger partial charge in [0.15, 0.2) is 0 Å². The molecule has 0 aromatic carbocycles. The van der Waals surface area contributed by atoms with Crippen LogP contribution in [0.25, 0.3) is 0 Å². The minimum atomic E-state index is -0.145. The lowest BCUT2D eigenvalue weighted by Crippen LogP contribution is -2.35. The number of carbonyl (C=O) groups is 1. The highest BCUT2D eigenvalue weighted by molar-refractivity contribution is 6.32. The van der Waals surface area contributed by atoms with Gasteiger partial charge in [-0.05, 0) is 45.0 Å². The Kier molecular flexibility index (Phi) is 6.46. The minimum absolute atomic E-state index is 0.145. The van der Waals surface area contributed by atoms with Gasteiger partial charge in [-0.25, -0.2) is 4.98 Å². The molecule has 2 rings (SSSR count). The molecule has 1 aliphatic rings. The Hall–Kier alpha value is -1.13. The van der Waals surface area contributed by atoms with Crippen LogP contribution in [0.1, 0.15) is 48.9 Å². The molecule has 1 aromatic heterocycles. The van der Waals surface area contributed by atoms with Gasteiger partial charge < -0.3 is 10.2 Å². The second kappa shape index (κ2) is 8.35. The molecule has 1 saturated carbocycles. The molecule has 0 unspecified atom stereocenters. The van der Waals surface area contributed by atoms with Crippen LogP contribution in [0.3, 0.4) is 0 Å². The van der Waals surface area contributed by atoms with E-state index in [4.69, 9.17) is 11.6 Å². The quantitative estimate of drug-likeness (QED) is 0.648. The molecule has 116 valence electrons. The van der Waals surface area contributed by atoms with Gasteiger partial charge in [0.25, 0.3) is 5.91 Å². The standard InChI is InChI=1S/C16H24ClN3O/c1-20(13-7-3-2-4-8-13)12-6-11-19-16(21)14-9-5-10-18-15(14)17/h5,9-10,13H,2-4,6-8,11-12H2,1H3,(H,19,21). The highest BCUT2D eigenvalue weighted by Gasteiger charge is 2.17. The number of nitrogens with zero attached hydrogens (tertiary/aromatic N) is 2. The topological polar surface area (TPSA) is 45.2 Å². The van der Waals surface area contributed by atoms with Crippen molar-refractivity contribution in [1.82, 2.24) is 15.2 Å². The molecule has 0 radical (unpaired) electrons. The lowest BCUT2D eigenvalue weighted by Gasteiger charge is -2.31. The smallest absolute Gasteiger partial charge is 0.254 e. The van der Waals surface area contributed by atoms with Crippen LogP contribution in [-0.2, 0) is 0 Å². The van der Waals surface area contributed by atoms with Gasteiger partial charge in [0.1, 0.15) is 5.15 Å². The zero-order valence-electron chi connectivity index (χ0n) is 12.6. The summed E-state index contributed by atoms with van der Waals surface area (Å²) in [5, 5.41) is 3.17. The van der Waals surface area contributed by atoms with Crippen LogP contribution in [0.5, 0.6) is 0 Å². The van der Waals surface area contributed by atoms with E-state index in [0.29, 0.717) is 12.1 Å². The Labute approximate surface area is 131 Å². The van der Waals surface area contributed by atoms with Gasteiger partial charge in [-0.1, -0.05) is 30.9 Å². The monoisotopic (exact) mass is 309 g/mol. The Bertz CT molecular complexity index is 461. The molecule has 4 nitrogen and oxygen atoms in total. The van der Waals surface area contributed by atoms with Crippen molar-refractivity contribution in [3.63, 3.8) is 0 Å². The Morgan fingerprint density at radius 3 is 2.90 bits per heavy atom. The first-order chi connectivity index (χ1) is 10.2. The summed E-state index contributed by atoms with van der Waals surface area (Å²) in [5.41, 5.74) is 0.444. The predicted octanol–water partition coefficient (Wildman–Crippen LogP) is 3.12. The Morgan fingerprint density at radius 1 is 1.43 bits per heavy atom. The van der Waals surface area contributed by atoms with Crippen LogP contribution in [0, 0.1) is 0 Å². The number of hydrogen-bond donors (Lipinski definition) is 1.